The quantitative estimate of drug-likeness (QED) is 0.847. The minimum absolute atomic E-state index is 0.0157. The number of nitrogens with zero attached hydrogens (tertiary/aromatic N) is 1. The first-order valence-corrected chi connectivity index (χ1v) is 7.91. The number of benzene rings is 2. The smallest absolute Gasteiger partial charge is 0.227 e. The summed E-state index contributed by atoms with van der Waals surface area (Å²) in [6, 6.07) is 15.1. The Morgan fingerprint density at radius 3 is 2.67 bits per heavy atom. The average molecular weight is 327 g/mol. The SMILES string of the molecule is COc1ccccc1CC(=O)N(C)C[C@@H]1COc2ccccc2O1. The summed E-state index contributed by atoms with van der Waals surface area (Å²) in [5.41, 5.74) is 0.878. The lowest BCUT2D eigenvalue weighted by atomic mass is 10.1. The molecule has 5 nitrogen and oxygen atoms in total. The first-order valence-electron chi connectivity index (χ1n) is 7.91. The number of rotatable bonds is 5. The Morgan fingerprint density at radius 2 is 1.88 bits per heavy atom. The van der Waals surface area contributed by atoms with Gasteiger partial charge < -0.3 is 19.1 Å². The van der Waals surface area contributed by atoms with Gasteiger partial charge in [-0.05, 0) is 18.2 Å². The first-order chi connectivity index (χ1) is 11.7. The zero-order valence-electron chi connectivity index (χ0n) is 13.9. The van der Waals surface area contributed by atoms with Crippen molar-refractivity contribution in [2.75, 3.05) is 27.3 Å². The van der Waals surface area contributed by atoms with Gasteiger partial charge in [-0.2, -0.15) is 0 Å². The highest BCUT2D eigenvalue weighted by molar-refractivity contribution is 5.79. The van der Waals surface area contributed by atoms with Crippen LogP contribution < -0.4 is 14.2 Å². The fourth-order valence-corrected chi connectivity index (χ4v) is 2.71. The van der Waals surface area contributed by atoms with Crippen molar-refractivity contribution in [3.63, 3.8) is 0 Å². The molecule has 0 aliphatic carbocycles. The molecule has 0 aromatic heterocycles. The van der Waals surface area contributed by atoms with Crippen LogP contribution in [0.4, 0.5) is 0 Å². The van der Waals surface area contributed by atoms with Gasteiger partial charge in [0.15, 0.2) is 17.6 Å². The molecule has 2 aromatic rings. The molecule has 1 atom stereocenters. The zero-order chi connectivity index (χ0) is 16.9. The van der Waals surface area contributed by atoms with Crippen LogP contribution in [0.2, 0.25) is 0 Å². The van der Waals surface area contributed by atoms with Crippen molar-refractivity contribution in [3.05, 3.63) is 54.1 Å². The Hall–Kier alpha value is -2.69. The fraction of sp³-hybridized carbons (Fsp3) is 0.316. The third-order valence-electron chi connectivity index (χ3n) is 4.00. The highest BCUT2D eigenvalue weighted by Crippen LogP contribution is 2.31. The Bertz CT molecular complexity index is 716. The van der Waals surface area contributed by atoms with Crippen LogP contribution >= 0.6 is 0 Å². The van der Waals surface area contributed by atoms with Crippen molar-refractivity contribution < 1.29 is 19.0 Å². The zero-order valence-corrected chi connectivity index (χ0v) is 13.9. The Balaban J connectivity index is 1.59. The largest absolute Gasteiger partial charge is 0.496 e. The van der Waals surface area contributed by atoms with Crippen LogP contribution in [0.25, 0.3) is 0 Å². The number of hydrogen-bond acceptors (Lipinski definition) is 4. The second-order valence-corrected chi connectivity index (χ2v) is 5.76. The molecule has 24 heavy (non-hydrogen) atoms. The minimum Gasteiger partial charge on any atom is -0.496 e. The summed E-state index contributed by atoms with van der Waals surface area (Å²) in [5, 5.41) is 0. The number of carbonyl (C=O) groups is 1. The second kappa shape index (κ2) is 7.25. The number of fused-ring (bicyclic) bond motifs is 1. The molecular weight excluding hydrogens is 306 g/mol. The van der Waals surface area contributed by atoms with Gasteiger partial charge >= 0.3 is 0 Å². The molecule has 1 aliphatic heterocycles. The molecule has 1 amide bonds. The van der Waals surface area contributed by atoms with Gasteiger partial charge in [0.2, 0.25) is 5.91 Å². The predicted molar refractivity (Wildman–Crippen MR) is 90.7 cm³/mol. The lowest BCUT2D eigenvalue weighted by Gasteiger charge is -2.29. The topological polar surface area (TPSA) is 48.0 Å². The van der Waals surface area contributed by atoms with Gasteiger partial charge in [-0.1, -0.05) is 30.3 Å². The van der Waals surface area contributed by atoms with Gasteiger partial charge in [0.25, 0.3) is 0 Å². The molecule has 0 bridgehead atoms. The number of carbonyl (C=O) groups excluding carboxylic acids is 1. The van der Waals surface area contributed by atoms with Crippen molar-refractivity contribution >= 4 is 5.91 Å². The number of para-hydroxylation sites is 3. The summed E-state index contributed by atoms with van der Waals surface area (Å²) >= 11 is 0. The highest BCUT2D eigenvalue weighted by atomic mass is 16.6. The normalized spacial score (nSPS) is 15.7. The number of likely N-dealkylation sites (N-methyl/N-ethyl adjacent to an activating group) is 1. The monoisotopic (exact) mass is 327 g/mol. The standard InChI is InChI=1S/C19H21NO4/c1-20(19(21)11-14-7-3-4-8-16(14)22-2)12-15-13-23-17-9-5-6-10-18(17)24-15/h3-10,15H,11-13H2,1-2H3/t15-/m1/s1. The summed E-state index contributed by atoms with van der Waals surface area (Å²) < 4.78 is 16.9. The van der Waals surface area contributed by atoms with Gasteiger partial charge in [-0.3, -0.25) is 4.79 Å². The Kier molecular flexibility index (Phi) is 4.89. The van der Waals surface area contributed by atoms with Gasteiger partial charge in [-0.15, -0.1) is 0 Å². The highest BCUT2D eigenvalue weighted by Gasteiger charge is 2.24. The molecule has 0 saturated carbocycles. The third-order valence-corrected chi connectivity index (χ3v) is 4.00. The average Bonchev–Trinajstić information content (AvgIpc) is 2.62. The van der Waals surface area contributed by atoms with E-state index in [9.17, 15) is 4.79 Å². The van der Waals surface area contributed by atoms with Crippen molar-refractivity contribution in [1.29, 1.82) is 0 Å². The number of methoxy groups -OCH3 is 1. The summed E-state index contributed by atoms with van der Waals surface area (Å²) in [6.45, 7) is 0.908. The van der Waals surface area contributed by atoms with Crippen molar-refractivity contribution in [2.24, 2.45) is 0 Å². The van der Waals surface area contributed by atoms with Crippen LogP contribution in [0.15, 0.2) is 48.5 Å². The third kappa shape index (κ3) is 3.62. The van der Waals surface area contributed by atoms with E-state index in [2.05, 4.69) is 0 Å². The maximum absolute atomic E-state index is 12.5. The molecule has 3 rings (SSSR count). The summed E-state index contributed by atoms with van der Waals surface area (Å²) in [4.78, 5) is 14.1. The van der Waals surface area contributed by atoms with Crippen LogP contribution in [0.5, 0.6) is 17.2 Å². The molecule has 2 aromatic carbocycles. The molecule has 126 valence electrons. The minimum atomic E-state index is -0.175. The second-order valence-electron chi connectivity index (χ2n) is 5.76. The van der Waals surface area contributed by atoms with Crippen molar-refractivity contribution in [2.45, 2.75) is 12.5 Å². The summed E-state index contributed by atoms with van der Waals surface area (Å²) in [5.74, 6) is 2.21. The molecule has 0 radical (unpaired) electrons. The molecule has 0 saturated heterocycles. The predicted octanol–water partition coefficient (Wildman–Crippen LogP) is 2.54. The maximum Gasteiger partial charge on any atom is 0.227 e. The molecule has 0 N–H and O–H groups in total. The van der Waals surface area contributed by atoms with E-state index in [0.717, 1.165) is 22.8 Å². The Morgan fingerprint density at radius 1 is 1.17 bits per heavy atom. The molecule has 1 heterocycles. The van der Waals surface area contributed by atoms with Gasteiger partial charge in [0.1, 0.15) is 12.4 Å². The van der Waals surface area contributed by atoms with E-state index in [1.165, 1.54) is 0 Å². The van der Waals surface area contributed by atoms with Crippen molar-refractivity contribution in [3.8, 4) is 17.2 Å². The lowest BCUT2D eigenvalue weighted by molar-refractivity contribution is -0.130. The molecule has 0 fully saturated rings. The lowest BCUT2D eigenvalue weighted by Crippen LogP contribution is -2.42. The van der Waals surface area contributed by atoms with Crippen molar-refractivity contribution in [1.82, 2.24) is 4.90 Å². The molecule has 5 heteroatoms. The van der Waals surface area contributed by atoms with E-state index in [0.29, 0.717) is 19.6 Å². The van der Waals surface area contributed by atoms with Crippen LogP contribution in [-0.4, -0.2) is 44.2 Å². The van der Waals surface area contributed by atoms with E-state index >= 15 is 0 Å². The maximum atomic E-state index is 12.5. The number of hydrogen-bond donors (Lipinski definition) is 0. The number of amides is 1. The number of ether oxygens (including phenoxy) is 3. The summed E-state index contributed by atoms with van der Waals surface area (Å²) in [7, 11) is 3.39. The van der Waals surface area contributed by atoms with E-state index in [4.69, 9.17) is 14.2 Å². The molecule has 0 spiro atoms. The van der Waals surface area contributed by atoms with Gasteiger partial charge in [0.05, 0.1) is 20.1 Å². The van der Waals surface area contributed by atoms with E-state index in [-0.39, 0.29) is 12.0 Å². The molecular formula is C19H21NO4. The van der Waals surface area contributed by atoms with Crippen LogP contribution in [0.1, 0.15) is 5.56 Å². The van der Waals surface area contributed by atoms with Crippen LogP contribution in [0.3, 0.4) is 0 Å². The first kappa shape index (κ1) is 16.2. The van der Waals surface area contributed by atoms with Crippen LogP contribution in [0, 0.1) is 0 Å². The van der Waals surface area contributed by atoms with Crippen LogP contribution in [-0.2, 0) is 11.2 Å². The summed E-state index contributed by atoms with van der Waals surface area (Å²) in [6.07, 6.45) is 0.122. The van der Waals surface area contributed by atoms with Gasteiger partial charge in [-0.25, -0.2) is 0 Å². The molecule has 0 unspecified atom stereocenters. The molecule has 1 aliphatic rings. The van der Waals surface area contributed by atoms with Gasteiger partial charge in [0, 0.05) is 12.6 Å². The van der Waals surface area contributed by atoms with E-state index in [1.54, 1.807) is 19.1 Å². The Labute approximate surface area is 141 Å². The van der Waals surface area contributed by atoms with E-state index in [1.807, 2.05) is 48.5 Å². The van der Waals surface area contributed by atoms with E-state index < -0.39 is 0 Å². The fourth-order valence-electron chi connectivity index (χ4n) is 2.71.